The van der Waals surface area contributed by atoms with Crippen LogP contribution >= 0.6 is 11.6 Å². The van der Waals surface area contributed by atoms with E-state index >= 15 is 0 Å². The molecule has 2 heterocycles. The number of aromatic nitrogens is 3. The number of hydrogen-bond acceptors (Lipinski definition) is 7. The van der Waals surface area contributed by atoms with Gasteiger partial charge in [-0.1, -0.05) is 28.9 Å². The number of aliphatic imine (C=N–C) groups is 1. The minimum Gasteiger partial charge on any atom is -0.487 e. The molecule has 3 aromatic carbocycles. The number of fused-ring (bicyclic) bond motifs is 1. The van der Waals surface area contributed by atoms with Crippen LogP contribution in [0.15, 0.2) is 71.9 Å². The smallest absolute Gasteiger partial charge is 0.138 e. The zero-order valence-electron chi connectivity index (χ0n) is 19.3. The molecule has 1 aliphatic heterocycles. The lowest BCUT2D eigenvalue weighted by Gasteiger charge is -2.29. The van der Waals surface area contributed by atoms with Gasteiger partial charge in [0.05, 0.1) is 28.3 Å². The van der Waals surface area contributed by atoms with Gasteiger partial charge in [-0.25, -0.2) is 14.1 Å². The fourth-order valence-electron chi connectivity index (χ4n) is 4.00. The SMILES string of the molecule is NC1=NCN(c2ccc(OCc3cccc(F)c3)c(Cl)c2)c2ccc(-n3cc(CCCO)nn3)cc21. The Balaban J connectivity index is 1.37. The number of nitrogens with two attached hydrogens (primary N) is 1. The summed E-state index contributed by atoms with van der Waals surface area (Å²) < 4.78 is 20.9. The van der Waals surface area contributed by atoms with Crippen molar-refractivity contribution in [1.82, 2.24) is 15.0 Å². The topological polar surface area (TPSA) is 102 Å². The predicted molar refractivity (Wildman–Crippen MR) is 137 cm³/mol. The standard InChI is InChI=1S/C26H24ClFN6O2/c27-23-13-20(7-9-25(23)36-15-17-3-1-4-18(28)11-17)33-16-30-26(29)22-12-21(6-8-24(22)33)34-14-19(31-32-34)5-2-10-35/h1,3-4,6-9,11-14,35H,2,5,10,15-16H2,(H2,29,30). The number of rotatable bonds is 8. The third-order valence-electron chi connectivity index (χ3n) is 5.84. The molecule has 3 N–H and O–H groups in total. The van der Waals surface area contributed by atoms with Crippen molar-refractivity contribution in [2.45, 2.75) is 19.4 Å². The Bertz CT molecular complexity index is 1420. The van der Waals surface area contributed by atoms with Gasteiger partial charge in [0.25, 0.3) is 0 Å². The summed E-state index contributed by atoms with van der Waals surface area (Å²) in [6, 6.07) is 17.6. The summed E-state index contributed by atoms with van der Waals surface area (Å²) in [6.45, 7) is 0.655. The number of anilines is 2. The molecule has 0 fully saturated rings. The lowest BCUT2D eigenvalue weighted by molar-refractivity contribution is 0.288. The van der Waals surface area contributed by atoms with Crippen molar-refractivity contribution in [1.29, 1.82) is 0 Å². The van der Waals surface area contributed by atoms with Gasteiger partial charge in [-0.3, -0.25) is 0 Å². The van der Waals surface area contributed by atoms with E-state index in [1.165, 1.54) is 12.1 Å². The van der Waals surface area contributed by atoms with Gasteiger partial charge in [0.15, 0.2) is 0 Å². The lowest BCUT2D eigenvalue weighted by Crippen LogP contribution is -2.29. The summed E-state index contributed by atoms with van der Waals surface area (Å²) in [5.41, 5.74) is 11.1. The Hall–Kier alpha value is -3.95. The van der Waals surface area contributed by atoms with Crippen LogP contribution in [0.25, 0.3) is 5.69 Å². The van der Waals surface area contributed by atoms with Gasteiger partial charge in [-0.05, 0) is 66.9 Å². The van der Waals surface area contributed by atoms with Gasteiger partial charge in [0, 0.05) is 17.9 Å². The molecule has 0 saturated carbocycles. The zero-order chi connectivity index (χ0) is 25.1. The summed E-state index contributed by atoms with van der Waals surface area (Å²) in [7, 11) is 0. The van der Waals surface area contributed by atoms with E-state index in [0.717, 1.165) is 28.3 Å². The maximum absolute atomic E-state index is 13.4. The van der Waals surface area contributed by atoms with Crippen LogP contribution in [0, 0.1) is 5.82 Å². The third-order valence-corrected chi connectivity index (χ3v) is 6.13. The highest BCUT2D eigenvalue weighted by Crippen LogP contribution is 2.36. The van der Waals surface area contributed by atoms with Crippen LogP contribution in [-0.2, 0) is 13.0 Å². The molecule has 184 valence electrons. The largest absolute Gasteiger partial charge is 0.487 e. The number of halogens is 2. The van der Waals surface area contributed by atoms with E-state index in [0.29, 0.717) is 41.7 Å². The van der Waals surface area contributed by atoms with Crippen molar-refractivity contribution < 1.29 is 14.2 Å². The van der Waals surface area contributed by atoms with E-state index in [1.54, 1.807) is 22.9 Å². The number of nitrogens with zero attached hydrogens (tertiary/aromatic N) is 5. The Morgan fingerprint density at radius 2 is 1.94 bits per heavy atom. The van der Waals surface area contributed by atoms with Crippen molar-refractivity contribution in [3.63, 3.8) is 0 Å². The molecule has 4 aromatic rings. The number of amidine groups is 1. The average molecular weight is 507 g/mol. The molecule has 0 amide bonds. The molecule has 0 radical (unpaired) electrons. The Morgan fingerprint density at radius 1 is 1.08 bits per heavy atom. The highest BCUT2D eigenvalue weighted by Gasteiger charge is 2.22. The normalized spacial score (nSPS) is 12.9. The van der Waals surface area contributed by atoms with Crippen molar-refractivity contribution in [3.8, 4) is 11.4 Å². The Kier molecular flexibility index (Phi) is 6.84. The summed E-state index contributed by atoms with van der Waals surface area (Å²) in [5, 5.41) is 17.8. The van der Waals surface area contributed by atoms with Gasteiger partial charge < -0.3 is 20.5 Å². The number of benzene rings is 3. The van der Waals surface area contributed by atoms with E-state index in [1.807, 2.05) is 41.4 Å². The molecular formula is C26H24ClFN6O2. The van der Waals surface area contributed by atoms with Crippen LogP contribution in [0.1, 0.15) is 23.2 Å². The molecular weight excluding hydrogens is 483 g/mol. The number of ether oxygens (including phenoxy) is 1. The molecule has 5 rings (SSSR count). The van der Waals surface area contributed by atoms with Gasteiger partial charge in [-0.15, -0.1) is 5.10 Å². The van der Waals surface area contributed by atoms with E-state index < -0.39 is 0 Å². The summed E-state index contributed by atoms with van der Waals surface area (Å²) in [5.74, 6) is 0.628. The van der Waals surface area contributed by atoms with Crippen LogP contribution in [0.4, 0.5) is 15.8 Å². The molecule has 1 aliphatic rings. The van der Waals surface area contributed by atoms with Crippen molar-refractivity contribution in [2.75, 3.05) is 18.2 Å². The van der Waals surface area contributed by atoms with Crippen LogP contribution in [0.5, 0.6) is 5.75 Å². The van der Waals surface area contributed by atoms with E-state index in [2.05, 4.69) is 15.3 Å². The first kappa shape index (κ1) is 23.8. The quantitative estimate of drug-likeness (QED) is 0.368. The van der Waals surface area contributed by atoms with Gasteiger partial charge in [0.2, 0.25) is 0 Å². The Morgan fingerprint density at radius 3 is 2.75 bits per heavy atom. The first-order valence-electron chi connectivity index (χ1n) is 11.4. The first-order chi connectivity index (χ1) is 17.5. The molecule has 36 heavy (non-hydrogen) atoms. The maximum atomic E-state index is 13.4. The second-order valence-electron chi connectivity index (χ2n) is 8.33. The van der Waals surface area contributed by atoms with E-state index in [9.17, 15) is 4.39 Å². The average Bonchev–Trinajstić information content (AvgIpc) is 3.36. The molecule has 8 nitrogen and oxygen atoms in total. The fraction of sp³-hybridized carbons (Fsp3) is 0.192. The molecule has 0 atom stereocenters. The summed E-state index contributed by atoms with van der Waals surface area (Å²) >= 11 is 6.53. The molecule has 0 saturated heterocycles. The second kappa shape index (κ2) is 10.3. The van der Waals surface area contributed by atoms with E-state index in [-0.39, 0.29) is 19.0 Å². The molecule has 10 heteroatoms. The van der Waals surface area contributed by atoms with Crippen LogP contribution in [0.2, 0.25) is 5.02 Å². The summed E-state index contributed by atoms with van der Waals surface area (Å²) in [6.07, 6.45) is 3.13. The Labute approximate surface area is 212 Å². The predicted octanol–water partition coefficient (Wildman–Crippen LogP) is 4.38. The second-order valence-corrected chi connectivity index (χ2v) is 8.74. The monoisotopic (exact) mass is 506 g/mol. The first-order valence-corrected chi connectivity index (χ1v) is 11.8. The van der Waals surface area contributed by atoms with E-state index in [4.69, 9.17) is 27.2 Å². The minimum absolute atomic E-state index is 0.110. The number of aryl methyl sites for hydroxylation is 1. The molecule has 0 bridgehead atoms. The number of aliphatic hydroxyl groups is 1. The lowest BCUT2D eigenvalue weighted by atomic mass is 10.1. The van der Waals surface area contributed by atoms with Crippen LogP contribution in [0.3, 0.4) is 0 Å². The maximum Gasteiger partial charge on any atom is 0.138 e. The molecule has 0 spiro atoms. The van der Waals surface area contributed by atoms with Gasteiger partial charge >= 0.3 is 0 Å². The van der Waals surface area contributed by atoms with Gasteiger partial charge in [0.1, 0.15) is 30.7 Å². The molecule has 0 aliphatic carbocycles. The van der Waals surface area contributed by atoms with Gasteiger partial charge in [-0.2, -0.15) is 0 Å². The van der Waals surface area contributed by atoms with Crippen LogP contribution < -0.4 is 15.4 Å². The van der Waals surface area contributed by atoms with Crippen molar-refractivity contribution in [2.24, 2.45) is 10.7 Å². The third kappa shape index (κ3) is 5.02. The van der Waals surface area contributed by atoms with Crippen molar-refractivity contribution in [3.05, 3.63) is 94.5 Å². The fourth-order valence-corrected chi connectivity index (χ4v) is 4.23. The zero-order valence-corrected chi connectivity index (χ0v) is 20.1. The number of aliphatic hydroxyl groups excluding tert-OH is 1. The van der Waals surface area contributed by atoms with Crippen LogP contribution in [-0.4, -0.2) is 39.2 Å². The molecule has 0 unspecified atom stereocenters. The highest BCUT2D eigenvalue weighted by atomic mass is 35.5. The minimum atomic E-state index is -0.310. The number of hydrogen-bond donors (Lipinski definition) is 2. The van der Waals surface area contributed by atoms with Crippen molar-refractivity contribution >= 4 is 28.8 Å². The molecule has 1 aromatic heterocycles. The highest BCUT2D eigenvalue weighted by molar-refractivity contribution is 6.32. The summed E-state index contributed by atoms with van der Waals surface area (Å²) in [4.78, 5) is 6.49.